The molecular weight excluding hydrogens is 270 g/mol. The minimum absolute atomic E-state index is 0.711. The fraction of sp³-hybridized carbons (Fsp3) is 0.0833. The van der Waals surface area contributed by atoms with E-state index in [1.54, 1.807) is 18.0 Å². The minimum atomic E-state index is -0.956. The Morgan fingerprint density at radius 1 is 1.35 bits per heavy atom. The quantitative estimate of drug-likeness (QED) is 0.863. The maximum Gasteiger partial charge on any atom is 0.110 e. The number of nitrogens with zero attached hydrogens (tertiary/aromatic N) is 1. The zero-order valence-corrected chi connectivity index (χ0v) is 11.5. The molecule has 1 aromatic heterocycles. The summed E-state index contributed by atoms with van der Waals surface area (Å²) in [6.45, 7) is 0. The molecule has 0 aliphatic heterocycles. The van der Waals surface area contributed by atoms with Gasteiger partial charge in [-0.1, -0.05) is 17.8 Å². The van der Waals surface area contributed by atoms with Crippen molar-refractivity contribution in [3.8, 4) is 6.07 Å². The molecule has 0 saturated carbocycles. The molecule has 1 atom stereocenters. The summed E-state index contributed by atoms with van der Waals surface area (Å²) in [6, 6.07) is 13.5. The lowest BCUT2D eigenvalue weighted by atomic mass is 10.4. The Labute approximate surface area is 111 Å². The van der Waals surface area contributed by atoms with Crippen LogP contribution in [0.3, 0.4) is 0 Å². The van der Waals surface area contributed by atoms with Crippen LogP contribution >= 0.6 is 23.1 Å². The van der Waals surface area contributed by atoms with Crippen LogP contribution in [0.2, 0.25) is 0 Å². The van der Waals surface area contributed by atoms with Crippen molar-refractivity contribution in [1.29, 1.82) is 5.26 Å². The van der Waals surface area contributed by atoms with Gasteiger partial charge in [0.05, 0.1) is 4.21 Å². The second kappa shape index (κ2) is 5.50. The van der Waals surface area contributed by atoms with Gasteiger partial charge >= 0.3 is 0 Å². The van der Waals surface area contributed by atoms with Gasteiger partial charge in [-0.2, -0.15) is 5.26 Å². The first kappa shape index (κ1) is 12.4. The second-order valence-electron chi connectivity index (χ2n) is 3.26. The Morgan fingerprint density at radius 2 is 2.18 bits per heavy atom. The lowest BCUT2D eigenvalue weighted by Gasteiger charge is -2.00. The molecule has 0 bridgehead atoms. The average Bonchev–Trinajstić information content (AvgIpc) is 2.77. The molecule has 1 aromatic carbocycles. The average molecular weight is 279 g/mol. The number of thiophene rings is 1. The van der Waals surface area contributed by atoms with Crippen LogP contribution in [-0.4, -0.2) is 10.5 Å². The van der Waals surface area contributed by atoms with Gasteiger partial charge in [0.1, 0.15) is 10.9 Å². The molecule has 2 nitrogen and oxygen atoms in total. The molecule has 0 aliphatic rings. The van der Waals surface area contributed by atoms with Crippen LogP contribution in [0.4, 0.5) is 0 Å². The molecule has 2 aromatic rings. The highest BCUT2D eigenvalue weighted by atomic mass is 32.2. The van der Waals surface area contributed by atoms with Crippen LogP contribution in [0.1, 0.15) is 4.88 Å². The highest BCUT2D eigenvalue weighted by Crippen LogP contribution is 2.33. The predicted octanol–water partition coefficient (Wildman–Crippen LogP) is 3.51. The number of benzene rings is 1. The van der Waals surface area contributed by atoms with Crippen LogP contribution in [0.25, 0.3) is 0 Å². The van der Waals surface area contributed by atoms with E-state index in [1.807, 2.05) is 36.4 Å². The molecule has 0 aliphatic carbocycles. The molecule has 86 valence electrons. The molecule has 2 rings (SSSR count). The summed E-state index contributed by atoms with van der Waals surface area (Å²) < 4.78 is 12.4. The Morgan fingerprint density at radius 3 is 2.82 bits per heavy atom. The van der Waals surface area contributed by atoms with Gasteiger partial charge in [0.2, 0.25) is 0 Å². The Balaban J connectivity index is 2.21. The first-order valence-corrected chi connectivity index (χ1v) is 7.99. The van der Waals surface area contributed by atoms with Gasteiger partial charge in [0, 0.05) is 26.8 Å². The van der Waals surface area contributed by atoms with E-state index in [2.05, 4.69) is 6.07 Å². The monoisotopic (exact) mass is 279 g/mol. The Bertz CT molecular complexity index is 598. The SMILES string of the molecule is CS(=O)c1cccc(Sc2ccc(C#N)s2)c1. The third-order valence-electron chi connectivity index (χ3n) is 2.05. The first-order chi connectivity index (χ1) is 8.19. The van der Waals surface area contributed by atoms with Gasteiger partial charge in [-0.05, 0) is 30.3 Å². The fourth-order valence-corrected chi connectivity index (χ4v) is 3.87. The second-order valence-corrected chi connectivity index (χ2v) is 7.10. The van der Waals surface area contributed by atoms with Gasteiger partial charge in [0.25, 0.3) is 0 Å². The number of nitriles is 1. The van der Waals surface area contributed by atoms with Crippen molar-refractivity contribution in [2.24, 2.45) is 0 Å². The van der Waals surface area contributed by atoms with Crippen LogP contribution < -0.4 is 0 Å². The first-order valence-electron chi connectivity index (χ1n) is 4.80. The number of hydrogen-bond donors (Lipinski definition) is 0. The van der Waals surface area contributed by atoms with Gasteiger partial charge < -0.3 is 0 Å². The molecular formula is C12H9NOS3. The van der Waals surface area contributed by atoms with Crippen molar-refractivity contribution >= 4 is 33.9 Å². The lowest BCUT2D eigenvalue weighted by Crippen LogP contribution is -1.86. The summed E-state index contributed by atoms with van der Waals surface area (Å²) >= 11 is 3.06. The van der Waals surface area contributed by atoms with Crippen LogP contribution in [0, 0.1) is 11.3 Å². The molecule has 1 unspecified atom stereocenters. The summed E-state index contributed by atoms with van der Waals surface area (Å²) in [4.78, 5) is 2.58. The summed E-state index contributed by atoms with van der Waals surface area (Å²) in [5, 5.41) is 8.74. The van der Waals surface area contributed by atoms with E-state index in [0.717, 1.165) is 14.0 Å². The molecule has 0 saturated heterocycles. The molecule has 0 amide bonds. The highest BCUT2D eigenvalue weighted by Gasteiger charge is 2.04. The van der Waals surface area contributed by atoms with Crippen molar-refractivity contribution in [1.82, 2.24) is 0 Å². The predicted molar refractivity (Wildman–Crippen MR) is 71.9 cm³/mol. The molecule has 5 heteroatoms. The topological polar surface area (TPSA) is 40.9 Å². The van der Waals surface area contributed by atoms with Gasteiger partial charge in [-0.3, -0.25) is 4.21 Å². The van der Waals surface area contributed by atoms with Gasteiger partial charge in [0.15, 0.2) is 0 Å². The third kappa shape index (κ3) is 3.19. The van der Waals surface area contributed by atoms with Crippen molar-refractivity contribution in [3.63, 3.8) is 0 Å². The Hall–Kier alpha value is -1.09. The van der Waals surface area contributed by atoms with E-state index in [9.17, 15) is 4.21 Å². The maximum atomic E-state index is 11.4. The van der Waals surface area contributed by atoms with E-state index in [1.165, 1.54) is 11.3 Å². The molecule has 1 heterocycles. The van der Waals surface area contributed by atoms with E-state index in [0.29, 0.717) is 4.88 Å². The van der Waals surface area contributed by atoms with Crippen LogP contribution in [0.15, 0.2) is 50.4 Å². The lowest BCUT2D eigenvalue weighted by molar-refractivity contribution is 0.686. The molecule has 0 spiro atoms. The summed E-state index contributed by atoms with van der Waals surface area (Å²) in [5.41, 5.74) is 0. The van der Waals surface area contributed by atoms with Crippen molar-refractivity contribution in [2.75, 3.05) is 6.26 Å². The summed E-state index contributed by atoms with van der Waals surface area (Å²) in [6.07, 6.45) is 1.67. The minimum Gasteiger partial charge on any atom is -0.255 e. The smallest absolute Gasteiger partial charge is 0.110 e. The largest absolute Gasteiger partial charge is 0.255 e. The standard InChI is InChI=1S/C12H9NOS3/c1-17(14)11-4-2-3-9(7-11)15-12-6-5-10(8-13)16-12/h2-7H,1H3. The zero-order valence-electron chi connectivity index (χ0n) is 9.04. The summed E-state index contributed by atoms with van der Waals surface area (Å²) in [7, 11) is -0.956. The summed E-state index contributed by atoms with van der Waals surface area (Å²) in [5.74, 6) is 0. The highest BCUT2D eigenvalue weighted by molar-refractivity contribution is 8.01. The zero-order chi connectivity index (χ0) is 12.3. The maximum absolute atomic E-state index is 11.4. The van der Waals surface area contributed by atoms with Crippen LogP contribution in [0.5, 0.6) is 0 Å². The fourth-order valence-electron chi connectivity index (χ4n) is 1.27. The van der Waals surface area contributed by atoms with Crippen molar-refractivity contribution in [2.45, 2.75) is 14.0 Å². The normalized spacial score (nSPS) is 12.0. The third-order valence-corrected chi connectivity index (χ3v) is 5.08. The van der Waals surface area contributed by atoms with E-state index >= 15 is 0 Å². The van der Waals surface area contributed by atoms with Gasteiger partial charge in [-0.15, -0.1) is 11.3 Å². The number of rotatable bonds is 3. The van der Waals surface area contributed by atoms with Crippen molar-refractivity contribution < 1.29 is 4.21 Å². The Kier molecular flexibility index (Phi) is 4.00. The molecule has 17 heavy (non-hydrogen) atoms. The van der Waals surface area contributed by atoms with E-state index in [-0.39, 0.29) is 0 Å². The van der Waals surface area contributed by atoms with E-state index in [4.69, 9.17) is 5.26 Å². The van der Waals surface area contributed by atoms with Gasteiger partial charge in [-0.25, -0.2) is 0 Å². The molecule has 0 radical (unpaired) electrons. The molecule has 0 fully saturated rings. The van der Waals surface area contributed by atoms with Crippen molar-refractivity contribution in [3.05, 3.63) is 41.3 Å². The molecule has 0 N–H and O–H groups in total. The van der Waals surface area contributed by atoms with Crippen LogP contribution in [-0.2, 0) is 10.8 Å². The van der Waals surface area contributed by atoms with E-state index < -0.39 is 10.8 Å². The number of hydrogen-bond acceptors (Lipinski definition) is 4.